The Morgan fingerprint density at radius 1 is 1.63 bits per heavy atom. The molecule has 1 aromatic heterocycles. The monoisotopic (exact) mass is 262 g/mol. The first-order chi connectivity index (χ1) is 9.10. The first-order valence-corrected chi connectivity index (χ1v) is 6.69. The van der Waals surface area contributed by atoms with Crippen molar-refractivity contribution in [2.45, 2.75) is 13.0 Å². The Balaban J connectivity index is 1.98. The molecule has 1 unspecified atom stereocenters. The van der Waals surface area contributed by atoms with Gasteiger partial charge >= 0.3 is 0 Å². The smallest absolute Gasteiger partial charge is 0.272 e. The molecular formula is C14H22N4O. The lowest BCUT2D eigenvalue weighted by atomic mass is 10.1. The third-order valence-electron chi connectivity index (χ3n) is 3.65. The van der Waals surface area contributed by atoms with Gasteiger partial charge in [-0.3, -0.25) is 9.78 Å². The van der Waals surface area contributed by atoms with E-state index in [4.69, 9.17) is 5.73 Å². The van der Waals surface area contributed by atoms with Crippen LogP contribution in [0.4, 0.5) is 0 Å². The molecule has 104 valence electrons. The van der Waals surface area contributed by atoms with Crippen molar-refractivity contribution < 1.29 is 4.79 Å². The van der Waals surface area contributed by atoms with Gasteiger partial charge in [0.15, 0.2) is 0 Å². The van der Waals surface area contributed by atoms with Crippen LogP contribution in [-0.2, 0) is 6.54 Å². The molecule has 0 saturated carbocycles. The summed E-state index contributed by atoms with van der Waals surface area (Å²) in [6.07, 6.45) is 2.80. The summed E-state index contributed by atoms with van der Waals surface area (Å²) in [6.45, 7) is 3.40. The lowest BCUT2D eigenvalue weighted by Crippen LogP contribution is -2.33. The zero-order chi connectivity index (χ0) is 13.8. The highest BCUT2D eigenvalue weighted by Crippen LogP contribution is 2.16. The van der Waals surface area contributed by atoms with Crippen LogP contribution in [0.15, 0.2) is 18.3 Å². The highest BCUT2D eigenvalue weighted by atomic mass is 16.2. The number of carbonyl (C=O) groups excluding carboxylic acids is 1. The van der Waals surface area contributed by atoms with Crippen molar-refractivity contribution in [2.24, 2.45) is 11.7 Å². The Morgan fingerprint density at radius 2 is 2.42 bits per heavy atom. The summed E-state index contributed by atoms with van der Waals surface area (Å²) in [6, 6.07) is 3.61. The fraction of sp³-hybridized carbons (Fsp3) is 0.571. The van der Waals surface area contributed by atoms with E-state index < -0.39 is 0 Å². The molecular weight excluding hydrogens is 240 g/mol. The molecule has 1 aromatic rings. The van der Waals surface area contributed by atoms with Crippen LogP contribution in [0.2, 0.25) is 0 Å². The number of likely N-dealkylation sites (tertiary alicyclic amines) is 1. The molecule has 0 aromatic carbocycles. The number of amides is 1. The number of pyridine rings is 1. The van der Waals surface area contributed by atoms with Gasteiger partial charge < -0.3 is 15.5 Å². The molecule has 1 amide bonds. The highest BCUT2D eigenvalue weighted by molar-refractivity contribution is 5.92. The van der Waals surface area contributed by atoms with Crippen LogP contribution >= 0.6 is 0 Å². The molecule has 1 aliphatic heterocycles. The van der Waals surface area contributed by atoms with E-state index in [9.17, 15) is 4.79 Å². The topological polar surface area (TPSA) is 62.5 Å². The van der Waals surface area contributed by atoms with Gasteiger partial charge in [-0.1, -0.05) is 0 Å². The second-order valence-corrected chi connectivity index (χ2v) is 5.36. The van der Waals surface area contributed by atoms with Gasteiger partial charge in [-0.25, -0.2) is 0 Å². The van der Waals surface area contributed by atoms with Gasteiger partial charge in [0.05, 0.1) is 0 Å². The van der Waals surface area contributed by atoms with Crippen LogP contribution in [0, 0.1) is 5.92 Å². The Kier molecular flexibility index (Phi) is 4.50. The zero-order valence-corrected chi connectivity index (χ0v) is 11.7. The van der Waals surface area contributed by atoms with Crippen LogP contribution in [0.3, 0.4) is 0 Å². The lowest BCUT2D eigenvalue weighted by Gasteiger charge is -2.21. The molecule has 5 heteroatoms. The molecule has 1 atom stereocenters. The van der Waals surface area contributed by atoms with E-state index in [1.54, 1.807) is 17.2 Å². The van der Waals surface area contributed by atoms with Crippen LogP contribution in [-0.4, -0.2) is 54.4 Å². The van der Waals surface area contributed by atoms with E-state index in [-0.39, 0.29) is 5.91 Å². The first kappa shape index (κ1) is 14.0. The minimum Gasteiger partial charge on any atom is -0.340 e. The molecule has 2 rings (SSSR count). The molecule has 0 spiro atoms. The fourth-order valence-corrected chi connectivity index (χ4v) is 2.56. The summed E-state index contributed by atoms with van der Waals surface area (Å²) < 4.78 is 0. The Bertz CT molecular complexity index is 449. The maximum Gasteiger partial charge on any atom is 0.272 e. The van der Waals surface area contributed by atoms with Gasteiger partial charge in [-0.15, -0.1) is 0 Å². The summed E-state index contributed by atoms with van der Waals surface area (Å²) in [7, 11) is 3.96. The molecule has 0 bridgehead atoms. The van der Waals surface area contributed by atoms with Crippen LogP contribution in [0.1, 0.15) is 22.5 Å². The normalized spacial score (nSPS) is 19.6. The minimum absolute atomic E-state index is 0.0233. The van der Waals surface area contributed by atoms with Crippen molar-refractivity contribution in [3.8, 4) is 0 Å². The summed E-state index contributed by atoms with van der Waals surface area (Å²) in [5.74, 6) is 0.543. The third-order valence-corrected chi connectivity index (χ3v) is 3.65. The fourth-order valence-electron chi connectivity index (χ4n) is 2.56. The van der Waals surface area contributed by atoms with E-state index >= 15 is 0 Å². The number of hydrogen-bond acceptors (Lipinski definition) is 4. The quantitative estimate of drug-likeness (QED) is 0.861. The molecule has 0 aliphatic carbocycles. The van der Waals surface area contributed by atoms with Crippen molar-refractivity contribution >= 4 is 5.91 Å². The van der Waals surface area contributed by atoms with E-state index in [1.807, 2.05) is 13.1 Å². The van der Waals surface area contributed by atoms with Gasteiger partial charge in [0.25, 0.3) is 5.91 Å². The van der Waals surface area contributed by atoms with Crippen molar-refractivity contribution in [3.63, 3.8) is 0 Å². The summed E-state index contributed by atoms with van der Waals surface area (Å²) >= 11 is 0. The molecule has 2 N–H and O–H groups in total. The average molecular weight is 262 g/mol. The van der Waals surface area contributed by atoms with E-state index in [1.165, 1.54) is 0 Å². The maximum atomic E-state index is 12.3. The second-order valence-electron chi connectivity index (χ2n) is 5.36. The number of aromatic nitrogens is 1. The summed E-state index contributed by atoms with van der Waals surface area (Å²) in [4.78, 5) is 20.5. The highest BCUT2D eigenvalue weighted by Gasteiger charge is 2.23. The predicted molar refractivity (Wildman–Crippen MR) is 74.7 cm³/mol. The van der Waals surface area contributed by atoms with Gasteiger partial charge in [0.2, 0.25) is 0 Å². The Labute approximate surface area is 114 Å². The Morgan fingerprint density at radius 3 is 3.05 bits per heavy atom. The molecule has 1 aliphatic rings. The molecule has 5 nitrogen and oxygen atoms in total. The number of hydrogen-bond donors (Lipinski definition) is 1. The van der Waals surface area contributed by atoms with Crippen molar-refractivity contribution in [1.82, 2.24) is 14.8 Å². The van der Waals surface area contributed by atoms with Crippen molar-refractivity contribution in [3.05, 3.63) is 29.6 Å². The average Bonchev–Trinajstić information content (AvgIpc) is 2.83. The number of nitrogens with zero attached hydrogens (tertiary/aromatic N) is 3. The maximum absolute atomic E-state index is 12.3. The largest absolute Gasteiger partial charge is 0.340 e. The number of carbonyl (C=O) groups is 1. The van der Waals surface area contributed by atoms with Gasteiger partial charge in [0.1, 0.15) is 5.69 Å². The SMILES string of the molecule is CN1CCC(CN(C)C(=O)c2cc(CN)ccn2)C1. The van der Waals surface area contributed by atoms with Gasteiger partial charge in [-0.05, 0) is 43.6 Å². The first-order valence-electron chi connectivity index (χ1n) is 6.69. The number of rotatable bonds is 4. The molecule has 1 saturated heterocycles. The summed E-state index contributed by atoms with van der Waals surface area (Å²) in [5, 5.41) is 0. The van der Waals surface area contributed by atoms with E-state index in [0.29, 0.717) is 18.2 Å². The zero-order valence-electron chi connectivity index (χ0n) is 11.7. The lowest BCUT2D eigenvalue weighted by molar-refractivity contribution is 0.0768. The van der Waals surface area contributed by atoms with E-state index in [0.717, 1.165) is 31.6 Å². The number of nitrogens with two attached hydrogens (primary N) is 1. The van der Waals surface area contributed by atoms with Crippen molar-refractivity contribution in [2.75, 3.05) is 33.7 Å². The Hall–Kier alpha value is -1.46. The predicted octanol–water partition coefficient (Wildman–Crippen LogP) is 0.564. The summed E-state index contributed by atoms with van der Waals surface area (Å²) in [5.41, 5.74) is 7.00. The van der Waals surface area contributed by atoms with E-state index in [2.05, 4.69) is 16.9 Å². The van der Waals surface area contributed by atoms with Gasteiger partial charge in [-0.2, -0.15) is 0 Å². The molecule has 2 heterocycles. The minimum atomic E-state index is -0.0233. The van der Waals surface area contributed by atoms with Crippen molar-refractivity contribution in [1.29, 1.82) is 0 Å². The second kappa shape index (κ2) is 6.12. The molecule has 0 radical (unpaired) electrons. The van der Waals surface area contributed by atoms with Crippen LogP contribution in [0.5, 0.6) is 0 Å². The standard InChI is InChI=1S/C14H22N4O/c1-17-6-4-12(9-17)10-18(2)14(19)13-7-11(8-15)3-5-16-13/h3,5,7,12H,4,6,8-10,15H2,1-2H3. The van der Waals surface area contributed by atoms with Gasteiger partial charge in [0, 0.05) is 32.9 Å². The third kappa shape index (κ3) is 3.52. The van der Waals surface area contributed by atoms with Crippen LogP contribution < -0.4 is 5.73 Å². The molecule has 19 heavy (non-hydrogen) atoms. The van der Waals surface area contributed by atoms with Crippen LogP contribution in [0.25, 0.3) is 0 Å². The molecule has 1 fully saturated rings.